The summed E-state index contributed by atoms with van der Waals surface area (Å²) in [5.74, 6) is 0.557. The fourth-order valence-electron chi connectivity index (χ4n) is 1.70. The summed E-state index contributed by atoms with van der Waals surface area (Å²) in [6, 6.07) is 0.443. The highest BCUT2D eigenvalue weighted by Crippen LogP contribution is 2.17. The minimum absolute atomic E-state index is 0.387. The second-order valence-electron chi connectivity index (χ2n) is 4.05. The van der Waals surface area contributed by atoms with Crippen molar-refractivity contribution in [3.8, 4) is 0 Å². The Labute approximate surface area is 79.9 Å². The van der Waals surface area contributed by atoms with Gasteiger partial charge in [-0.25, -0.2) is 13.6 Å². The molecule has 1 aliphatic rings. The number of nitrogens with two attached hydrogens (primary N) is 1. The van der Waals surface area contributed by atoms with E-state index >= 15 is 0 Å². The molecule has 0 aromatic carbocycles. The lowest BCUT2D eigenvalue weighted by Crippen LogP contribution is -2.48. The average Bonchev–Trinajstić information content (AvgIpc) is 2.03. The van der Waals surface area contributed by atoms with E-state index in [4.69, 9.17) is 5.14 Å². The summed E-state index contributed by atoms with van der Waals surface area (Å²) in [4.78, 5) is 0. The van der Waals surface area contributed by atoms with E-state index in [1.54, 1.807) is 0 Å². The van der Waals surface area contributed by atoms with Gasteiger partial charge in [-0.3, -0.25) is 0 Å². The van der Waals surface area contributed by atoms with E-state index in [1.807, 2.05) is 0 Å². The number of hydrogen-bond donors (Lipinski definition) is 2. The average molecular weight is 206 g/mol. The van der Waals surface area contributed by atoms with Crippen LogP contribution in [0.5, 0.6) is 0 Å². The van der Waals surface area contributed by atoms with E-state index in [1.165, 1.54) is 0 Å². The summed E-state index contributed by atoms with van der Waals surface area (Å²) in [5, 5.41) is 7.89. The third kappa shape index (κ3) is 2.93. The van der Waals surface area contributed by atoms with E-state index in [0.29, 0.717) is 24.9 Å². The van der Waals surface area contributed by atoms with Crippen molar-refractivity contribution in [3.05, 3.63) is 0 Å². The van der Waals surface area contributed by atoms with Crippen LogP contribution in [0.4, 0.5) is 0 Å². The smallest absolute Gasteiger partial charge is 0.213 e. The SMILES string of the molecule is CC(C)C1CCC(S(N)(=O)=O)CN1. The van der Waals surface area contributed by atoms with Gasteiger partial charge in [0.2, 0.25) is 10.0 Å². The molecule has 0 amide bonds. The molecule has 0 bridgehead atoms. The quantitative estimate of drug-likeness (QED) is 0.670. The van der Waals surface area contributed by atoms with Crippen LogP contribution in [-0.2, 0) is 10.0 Å². The predicted molar refractivity (Wildman–Crippen MR) is 52.8 cm³/mol. The zero-order valence-electron chi connectivity index (χ0n) is 8.16. The molecule has 5 heteroatoms. The van der Waals surface area contributed by atoms with E-state index < -0.39 is 10.0 Å². The van der Waals surface area contributed by atoms with Crippen molar-refractivity contribution >= 4 is 10.0 Å². The van der Waals surface area contributed by atoms with Gasteiger partial charge in [-0.2, -0.15) is 0 Å². The molecule has 78 valence electrons. The monoisotopic (exact) mass is 206 g/mol. The number of nitrogens with one attached hydrogen (secondary N) is 1. The molecule has 0 aromatic heterocycles. The van der Waals surface area contributed by atoms with E-state index in [-0.39, 0.29) is 5.25 Å². The molecule has 0 aliphatic carbocycles. The molecule has 0 saturated carbocycles. The molecular formula is C8H18N2O2S. The van der Waals surface area contributed by atoms with Crippen LogP contribution in [0.2, 0.25) is 0 Å². The topological polar surface area (TPSA) is 72.2 Å². The van der Waals surface area contributed by atoms with Gasteiger partial charge in [-0.1, -0.05) is 13.8 Å². The standard InChI is InChI=1S/C8H18N2O2S/c1-6(2)8-4-3-7(5-10-8)13(9,11)12/h6-8,10H,3-5H2,1-2H3,(H2,9,11,12). The van der Waals surface area contributed by atoms with Crippen LogP contribution < -0.4 is 10.5 Å². The molecule has 13 heavy (non-hydrogen) atoms. The molecule has 1 rings (SSSR count). The summed E-state index contributed by atoms with van der Waals surface area (Å²) in [7, 11) is -3.34. The van der Waals surface area contributed by atoms with Crippen molar-refractivity contribution in [2.24, 2.45) is 11.1 Å². The Kier molecular flexibility index (Phi) is 3.32. The number of rotatable bonds is 2. The van der Waals surface area contributed by atoms with E-state index in [0.717, 1.165) is 6.42 Å². The molecule has 1 aliphatic heterocycles. The molecule has 0 aromatic rings. The highest BCUT2D eigenvalue weighted by molar-refractivity contribution is 7.89. The largest absolute Gasteiger partial charge is 0.312 e. The summed E-state index contributed by atoms with van der Waals surface area (Å²) >= 11 is 0. The maximum Gasteiger partial charge on any atom is 0.213 e. The number of piperidine rings is 1. The minimum Gasteiger partial charge on any atom is -0.312 e. The number of primary sulfonamides is 1. The third-order valence-electron chi connectivity index (χ3n) is 2.68. The van der Waals surface area contributed by atoms with Crippen LogP contribution in [0.15, 0.2) is 0 Å². The predicted octanol–water partition coefficient (Wildman–Crippen LogP) is 0.0515. The number of sulfonamides is 1. The van der Waals surface area contributed by atoms with Crippen LogP contribution >= 0.6 is 0 Å². The summed E-state index contributed by atoms with van der Waals surface area (Å²) in [6.07, 6.45) is 1.59. The van der Waals surface area contributed by atoms with Gasteiger partial charge < -0.3 is 5.32 Å². The van der Waals surface area contributed by atoms with Crippen molar-refractivity contribution < 1.29 is 8.42 Å². The Morgan fingerprint density at radius 3 is 2.31 bits per heavy atom. The highest BCUT2D eigenvalue weighted by atomic mass is 32.2. The zero-order chi connectivity index (χ0) is 10.1. The first-order valence-corrected chi connectivity index (χ1v) is 6.27. The molecule has 1 heterocycles. The second-order valence-corrected chi connectivity index (χ2v) is 5.89. The lowest BCUT2D eigenvalue weighted by atomic mass is 9.95. The summed E-state index contributed by atoms with van der Waals surface area (Å²) in [5.41, 5.74) is 0. The Balaban J connectivity index is 2.49. The molecule has 1 saturated heterocycles. The first-order valence-electron chi connectivity index (χ1n) is 4.66. The molecule has 0 spiro atoms. The van der Waals surface area contributed by atoms with Gasteiger partial charge in [0, 0.05) is 12.6 Å². The summed E-state index contributed by atoms with van der Waals surface area (Å²) in [6.45, 7) is 4.77. The first-order chi connectivity index (χ1) is 5.91. The van der Waals surface area contributed by atoms with Crippen LogP contribution in [0.1, 0.15) is 26.7 Å². The Morgan fingerprint density at radius 2 is 2.00 bits per heavy atom. The van der Waals surface area contributed by atoms with Gasteiger partial charge in [-0.15, -0.1) is 0 Å². The Bertz CT molecular complexity index is 253. The van der Waals surface area contributed by atoms with Crippen molar-refractivity contribution in [1.29, 1.82) is 0 Å². The molecule has 0 radical (unpaired) electrons. The fraction of sp³-hybridized carbons (Fsp3) is 1.00. The molecule has 4 nitrogen and oxygen atoms in total. The first kappa shape index (κ1) is 10.9. The lowest BCUT2D eigenvalue weighted by molar-refractivity contribution is 0.326. The van der Waals surface area contributed by atoms with Gasteiger partial charge in [0.1, 0.15) is 0 Å². The molecule has 1 fully saturated rings. The Hall–Kier alpha value is -0.130. The van der Waals surface area contributed by atoms with Crippen molar-refractivity contribution in [2.75, 3.05) is 6.54 Å². The van der Waals surface area contributed by atoms with E-state index in [9.17, 15) is 8.42 Å². The maximum absolute atomic E-state index is 11.0. The Morgan fingerprint density at radius 1 is 1.38 bits per heavy atom. The van der Waals surface area contributed by atoms with Crippen molar-refractivity contribution in [3.63, 3.8) is 0 Å². The van der Waals surface area contributed by atoms with Crippen LogP contribution in [0.25, 0.3) is 0 Å². The van der Waals surface area contributed by atoms with Crippen molar-refractivity contribution in [2.45, 2.75) is 38.0 Å². The van der Waals surface area contributed by atoms with Gasteiger partial charge in [-0.05, 0) is 18.8 Å². The van der Waals surface area contributed by atoms with Gasteiger partial charge >= 0.3 is 0 Å². The maximum atomic E-state index is 11.0. The lowest BCUT2D eigenvalue weighted by Gasteiger charge is -2.30. The number of hydrogen-bond acceptors (Lipinski definition) is 3. The van der Waals surface area contributed by atoms with Crippen LogP contribution in [0, 0.1) is 5.92 Å². The summed E-state index contributed by atoms with van der Waals surface area (Å²) < 4.78 is 22.0. The fourth-order valence-corrected chi connectivity index (χ4v) is 2.50. The van der Waals surface area contributed by atoms with Crippen LogP contribution in [-0.4, -0.2) is 26.3 Å². The molecule has 2 atom stereocenters. The minimum atomic E-state index is -3.34. The van der Waals surface area contributed by atoms with Gasteiger partial charge in [0.25, 0.3) is 0 Å². The van der Waals surface area contributed by atoms with Crippen LogP contribution in [0.3, 0.4) is 0 Å². The van der Waals surface area contributed by atoms with E-state index in [2.05, 4.69) is 19.2 Å². The van der Waals surface area contributed by atoms with Gasteiger partial charge in [0.05, 0.1) is 5.25 Å². The molecular weight excluding hydrogens is 188 g/mol. The second kappa shape index (κ2) is 3.94. The third-order valence-corrected chi connectivity index (χ3v) is 4.01. The normalized spacial score (nSPS) is 30.8. The highest BCUT2D eigenvalue weighted by Gasteiger charge is 2.28. The molecule has 2 unspecified atom stereocenters. The van der Waals surface area contributed by atoms with Crippen molar-refractivity contribution in [1.82, 2.24) is 5.32 Å². The van der Waals surface area contributed by atoms with Gasteiger partial charge in [0.15, 0.2) is 0 Å². The molecule has 3 N–H and O–H groups in total. The zero-order valence-corrected chi connectivity index (χ0v) is 8.97.